The first-order valence-electron chi connectivity index (χ1n) is 6.93. The van der Waals surface area contributed by atoms with Crippen molar-refractivity contribution in [1.29, 1.82) is 0 Å². The summed E-state index contributed by atoms with van der Waals surface area (Å²) < 4.78 is 0. The van der Waals surface area contributed by atoms with Gasteiger partial charge in [0.2, 0.25) is 0 Å². The number of carbonyl (C=O) groups is 1. The van der Waals surface area contributed by atoms with E-state index in [-0.39, 0.29) is 0 Å². The predicted molar refractivity (Wildman–Crippen MR) is 73.7 cm³/mol. The third-order valence-corrected chi connectivity index (χ3v) is 4.38. The lowest BCUT2D eigenvalue weighted by Crippen LogP contribution is -2.33. The Morgan fingerprint density at radius 2 is 2.05 bits per heavy atom. The molecule has 0 aromatic heterocycles. The van der Waals surface area contributed by atoms with Gasteiger partial charge in [-0.05, 0) is 42.7 Å². The van der Waals surface area contributed by atoms with Crippen LogP contribution in [0.2, 0.25) is 0 Å². The van der Waals surface area contributed by atoms with E-state index in [1.165, 1.54) is 12.8 Å². The second kappa shape index (κ2) is 5.17. The molecule has 3 heteroatoms. The summed E-state index contributed by atoms with van der Waals surface area (Å²) in [5.41, 5.74) is 0.827. The van der Waals surface area contributed by atoms with E-state index in [9.17, 15) is 9.90 Å². The van der Waals surface area contributed by atoms with Gasteiger partial charge < -0.3 is 10.4 Å². The first-order chi connectivity index (χ1) is 9.24. The molecule has 2 aliphatic rings. The summed E-state index contributed by atoms with van der Waals surface area (Å²) in [5.74, 6) is 1.19. The van der Waals surface area contributed by atoms with Crippen molar-refractivity contribution >= 4 is 5.97 Å². The van der Waals surface area contributed by atoms with E-state index in [2.05, 4.69) is 17.5 Å². The van der Waals surface area contributed by atoms with Crippen LogP contribution in [0.3, 0.4) is 0 Å². The number of carboxylic acid groups (broad SMARTS) is 1. The minimum absolute atomic E-state index is 0.593. The molecule has 1 saturated carbocycles. The largest absolute Gasteiger partial charge is 0.480 e. The lowest BCUT2D eigenvalue weighted by Gasteiger charge is -2.22. The Morgan fingerprint density at radius 1 is 1.26 bits per heavy atom. The topological polar surface area (TPSA) is 49.3 Å². The molecule has 2 N–H and O–H groups in total. The molecule has 3 nitrogen and oxygen atoms in total. The smallest absolute Gasteiger partial charge is 0.325 e. The van der Waals surface area contributed by atoms with Crippen molar-refractivity contribution in [3.05, 3.63) is 48.0 Å². The quantitative estimate of drug-likeness (QED) is 0.797. The number of fused-ring (bicyclic) bond motifs is 2. The maximum atomic E-state index is 11.4. The standard InChI is InChI=1S/C16H19NO2/c18-16(19)15(12-4-2-1-3-5-12)17-10-14-9-11-6-7-13(14)8-11/h1-7,11,13-15,17H,8-10H2,(H,18,19)/t11?,13?,14?,15-/m0/s1. The Labute approximate surface area is 113 Å². The van der Waals surface area contributed by atoms with Gasteiger partial charge in [-0.25, -0.2) is 0 Å². The van der Waals surface area contributed by atoms with Crippen molar-refractivity contribution in [2.24, 2.45) is 17.8 Å². The molecule has 2 aliphatic carbocycles. The van der Waals surface area contributed by atoms with Gasteiger partial charge >= 0.3 is 5.97 Å². The second-order valence-electron chi connectivity index (χ2n) is 5.63. The summed E-state index contributed by atoms with van der Waals surface area (Å²) in [7, 11) is 0. The van der Waals surface area contributed by atoms with Crippen LogP contribution in [0.25, 0.3) is 0 Å². The van der Waals surface area contributed by atoms with Gasteiger partial charge in [0.05, 0.1) is 0 Å². The van der Waals surface area contributed by atoms with Gasteiger partial charge in [0.25, 0.3) is 0 Å². The summed E-state index contributed by atoms with van der Waals surface area (Å²) in [4.78, 5) is 11.4. The molecule has 1 aromatic carbocycles. The van der Waals surface area contributed by atoms with Crippen molar-refractivity contribution in [2.45, 2.75) is 18.9 Å². The number of allylic oxidation sites excluding steroid dienone is 2. The molecule has 0 spiro atoms. The maximum Gasteiger partial charge on any atom is 0.325 e. The van der Waals surface area contributed by atoms with Crippen LogP contribution in [-0.2, 0) is 4.79 Å². The molecular weight excluding hydrogens is 238 g/mol. The minimum atomic E-state index is -0.801. The average Bonchev–Trinajstić information content (AvgIpc) is 3.02. The third-order valence-electron chi connectivity index (χ3n) is 4.38. The van der Waals surface area contributed by atoms with Crippen molar-refractivity contribution in [1.82, 2.24) is 5.32 Å². The van der Waals surface area contributed by atoms with E-state index in [0.29, 0.717) is 11.8 Å². The normalized spacial score (nSPS) is 29.6. The SMILES string of the molecule is O=C(O)[C@@H](NCC1CC2C=CC1C2)c1ccccc1. The number of aliphatic carboxylic acids is 1. The van der Waals surface area contributed by atoms with E-state index in [0.717, 1.165) is 18.0 Å². The number of hydrogen-bond donors (Lipinski definition) is 2. The number of benzene rings is 1. The Hall–Kier alpha value is -1.61. The molecule has 0 radical (unpaired) electrons. The predicted octanol–water partition coefficient (Wildman–Crippen LogP) is 2.61. The molecule has 3 rings (SSSR count). The van der Waals surface area contributed by atoms with Crippen LogP contribution in [0, 0.1) is 17.8 Å². The Morgan fingerprint density at radius 3 is 2.63 bits per heavy atom. The van der Waals surface area contributed by atoms with E-state index in [4.69, 9.17) is 0 Å². The van der Waals surface area contributed by atoms with Gasteiger partial charge in [-0.15, -0.1) is 0 Å². The lowest BCUT2D eigenvalue weighted by molar-refractivity contribution is -0.139. The number of hydrogen-bond acceptors (Lipinski definition) is 2. The van der Waals surface area contributed by atoms with E-state index < -0.39 is 12.0 Å². The highest BCUT2D eigenvalue weighted by Gasteiger charge is 2.35. The zero-order valence-electron chi connectivity index (χ0n) is 10.8. The molecule has 3 unspecified atom stereocenters. The molecule has 0 amide bonds. The molecule has 0 heterocycles. The van der Waals surface area contributed by atoms with Crippen LogP contribution in [0.15, 0.2) is 42.5 Å². The molecule has 0 aliphatic heterocycles. The highest BCUT2D eigenvalue weighted by molar-refractivity contribution is 5.75. The zero-order chi connectivity index (χ0) is 13.2. The monoisotopic (exact) mass is 257 g/mol. The van der Waals surface area contributed by atoms with Crippen LogP contribution < -0.4 is 5.32 Å². The fourth-order valence-electron chi connectivity index (χ4n) is 3.39. The van der Waals surface area contributed by atoms with E-state index in [1.54, 1.807) is 0 Å². The fourth-order valence-corrected chi connectivity index (χ4v) is 3.39. The fraction of sp³-hybridized carbons (Fsp3) is 0.438. The first kappa shape index (κ1) is 12.4. The van der Waals surface area contributed by atoms with Crippen LogP contribution in [0.4, 0.5) is 0 Å². The summed E-state index contributed by atoms with van der Waals surface area (Å²) >= 11 is 0. The van der Waals surface area contributed by atoms with Crippen LogP contribution in [0.5, 0.6) is 0 Å². The molecule has 2 bridgehead atoms. The van der Waals surface area contributed by atoms with Crippen LogP contribution in [-0.4, -0.2) is 17.6 Å². The summed E-state index contributed by atoms with van der Waals surface area (Å²) in [6, 6.07) is 8.81. The second-order valence-corrected chi connectivity index (χ2v) is 5.63. The van der Waals surface area contributed by atoms with Gasteiger partial charge in [0.15, 0.2) is 0 Å². The molecular formula is C16H19NO2. The number of nitrogens with one attached hydrogen (secondary N) is 1. The minimum Gasteiger partial charge on any atom is -0.480 e. The lowest BCUT2D eigenvalue weighted by atomic mass is 9.93. The van der Waals surface area contributed by atoms with Crippen molar-refractivity contribution in [3.8, 4) is 0 Å². The van der Waals surface area contributed by atoms with Crippen LogP contribution in [0.1, 0.15) is 24.4 Å². The summed E-state index contributed by atoms with van der Waals surface area (Å²) in [6.07, 6.45) is 7.08. The number of rotatable bonds is 5. The molecule has 0 saturated heterocycles. The van der Waals surface area contributed by atoms with Crippen molar-refractivity contribution in [2.75, 3.05) is 6.54 Å². The highest BCUT2D eigenvalue weighted by atomic mass is 16.4. The van der Waals surface area contributed by atoms with E-state index >= 15 is 0 Å². The van der Waals surface area contributed by atoms with Gasteiger partial charge in [0, 0.05) is 0 Å². The van der Waals surface area contributed by atoms with Crippen LogP contribution >= 0.6 is 0 Å². The van der Waals surface area contributed by atoms with Crippen molar-refractivity contribution in [3.63, 3.8) is 0 Å². The molecule has 100 valence electrons. The number of carboxylic acids is 1. The average molecular weight is 257 g/mol. The zero-order valence-corrected chi connectivity index (χ0v) is 10.8. The van der Waals surface area contributed by atoms with Gasteiger partial charge in [0.1, 0.15) is 6.04 Å². The third kappa shape index (κ3) is 2.56. The Bertz CT molecular complexity index is 483. The van der Waals surface area contributed by atoms with Gasteiger partial charge in [-0.3, -0.25) is 4.79 Å². The molecule has 4 atom stereocenters. The first-order valence-corrected chi connectivity index (χ1v) is 6.93. The maximum absolute atomic E-state index is 11.4. The van der Waals surface area contributed by atoms with Gasteiger partial charge in [-0.1, -0.05) is 42.5 Å². The molecule has 1 aromatic rings. The van der Waals surface area contributed by atoms with Crippen molar-refractivity contribution < 1.29 is 9.90 Å². The Kier molecular flexibility index (Phi) is 3.38. The Balaban J connectivity index is 1.63. The molecule has 19 heavy (non-hydrogen) atoms. The summed E-state index contributed by atoms with van der Waals surface area (Å²) in [6.45, 7) is 0.789. The van der Waals surface area contributed by atoms with Gasteiger partial charge in [-0.2, -0.15) is 0 Å². The molecule has 1 fully saturated rings. The van der Waals surface area contributed by atoms with E-state index in [1.807, 2.05) is 30.3 Å². The highest BCUT2D eigenvalue weighted by Crippen LogP contribution is 2.43. The summed E-state index contributed by atoms with van der Waals surface area (Å²) in [5, 5.41) is 12.6.